The fourth-order valence-electron chi connectivity index (χ4n) is 4.56. The van der Waals surface area contributed by atoms with E-state index in [4.69, 9.17) is 22.1 Å². The van der Waals surface area contributed by atoms with E-state index in [1.54, 1.807) is 0 Å². The minimum atomic E-state index is -0.746. The van der Waals surface area contributed by atoms with Crippen molar-refractivity contribution in [2.75, 3.05) is 18.8 Å². The van der Waals surface area contributed by atoms with Gasteiger partial charge >= 0.3 is 0 Å². The number of nitrogens with zero attached hydrogens (tertiary/aromatic N) is 3. The van der Waals surface area contributed by atoms with Gasteiger partial charge in [-0.25, -0.2) is 18.7 Å². The van der Waals surface area contributed by atoms with Crippen molar-refractivity contribution < 1.29 is 18.3 Å². The number of anilines is 1. The highest BCUT2D eigenvalue weighted by molar-refractivity contribution is 6.31. The number of hydrogen-bond donors (Lipinski definition) is 3. The summed E-state index contributed by atoms with van der Waals surface area (Å²) in [5.41, 5.74) is 9.20. The van der Waals surface area contributed by atoms with Gasteiger partial charge in [-0.1, -0.05) is 17.7 Å². The third kappa shape index (κ3) is 5.35. The third-order valence-corrected chi connectivity index (χ3v) is 6.80. The van der Waals surface area contributed by atoms with Crippen molar-refractivity contribution in [3.63, 3.8) is 0 Å². The zero-order valence-corrected chi connectivity index (χ0v) is 20.8. The first-order valence-corrected chi connectivity index (χ1v) is 12.1. The number of nitrogens with two attached hydrogens (primary N) is 1. The number of fused-ring (bicyclic) bond motifs is 1. The number of benzene rings is 2. The van der Waals surface area contributed by atoms with E-state index in [9.17, 15) is 13.6 Å². The molecule has 0 spiro atoms. The molecule has 1 saturated heterocycles. The topological polar surface area (TPSA) is 109 Å². The maximum absolute atomic E-state index is 14.1. The molecule has 0 bridgehead atoms. The first-order valence-electron chi connectivity index (χ1n) is 11.8. The van der Waals surface area contributed by atoms with Gasteiger partial charge in [0.25, 0.3) is 5.88 Å². The van der Waals surface area contributed by atoms with Crippen LogP contribution in [0.1, 0.15) is 24.5 Å². The van der Waals surface area contributed by atoms with Crippen LogP contribution in [0.5, 0.6) is 5.88 Å². The van der Waals surface area contributed by atoms with Gasteiger partial charge in [-0.05, 0) is 36.2 Å². The number of carbonyl (C=O) groups is 1. The maximum Gasteiger partial charge on any atom is 0.258 e. The number of rotatable bonds is 7. The minimum Gasteiger partial charge on any atom is -0.470 e. The summed E-state index contributed by atoms with van der Waals surface area (Å²) in [6.07, 6.45) is 4.44. The maximum atomic E-state index is 14.1. The number of amides is 1. The quantitative estimate of drug-likeness (QED) is 0.307. The molecule has 3 heterocycles. The van der Waals surface area contributed by atoms with Crippen LogP contribution in [0.3, 0.4) is 0 Å². The van der Waals surface area contributed by atoms with Crippen LogP contribution in [-0.2, 0) is 17.9 Å². The summed E-state index contributed by atoms with van der Waals surface area (Å²) in [7, 11) is 0. The molecule has 192 valence electrons. The summed E-state index contributed by atoms with van der Waals surface area (Å²) in [6, 6.07) is 7.97. The number of H-pyrrole nitrogens is 1. The number of carbonyl (C=O) groups excluding carboxylic acids is 1. The van der Waals surface area contributed by atoms with Crippen LogP contribution in [0.4, 0.5) is 14.6 Å². The Morgan fingerprint density at radius 2 is 2.11 bits per heavy atom. The van der Waals surface area contributed by atoms with Crippen LogP contribution in [0.15, 0.2) is 42.7 Å². The van der Waals surface area contributed by atoms with E-state index in [0.717, 1.165) is 60.2 Å². The first kappa shape index (κ1) is 24.9. The zero-order valence-electron chi connectivity index (χ0n) is 20.0. The number of nitrogens with one attached hydrogen (secondary N) is 2. The first-order chi connectivity index (χ1) is 17.8. The van der Waals surface area contributed by atoms with Crippen LogP contribution in [0.2, 0.25) is 5.02 Å². The van der Waals surface area contributed by atoms with Gasteiger partial charge < -0.3 is 20.8 Å². The summed E-state index contributed by atoms with van der Waals surface area (Å²) in [6.45, 7) is 3.61. The zero-order chi connectivity index (χ0) is 26.1. The molecule has 8 nitrogen and oxygen atoms in total. The van der Waals surface area contributed by atoms with Crippen molar-refractivity contribution >= 4 is 34.2 Å². The van der Waals surface area contributed by atoms with E-state index in [2.05, 4.69) is 25.2 Å². The summed E-state index contributed by atoms with van der Waals surface area (Å²) >= 11 is 5.89. The highest BCUT2D eigenvalue weighted by Gasteiger charge is 2.24. The molecule has 5 rings (SSSR count). The number of halogens is 3. The highest BCUT2D eigenvalue weighted by atomic mass is 35.5. The molecule has 4 N–H and O–H groups in total. The molecule has 0 radical (unpaired) electrons. The molecule has 0 saturated carbocycles. The van der Waals surface area contributed by atoms with Crippen LogP contribution in [-0.4, -0.2) is 44.9 Å². The number of nitrogen functional groups attached to an aromatic ring is 1. The summed E-state index contributed by atoms with van der Waals surface area (Å²) in [5, 5.41) is 3.67. The van der Waals surface area contributed by atoms with E-state index < -0.39 is 11.6 Å². The van der Waals surface area contributed by atoms with Crippen LogP contribution < -0.4 is 15.8 Å². The van der Waals surface area contributed by atoms with E-state index in [0.29, 0.717) is 5.69 Å². The molecule has 11 heteroatoms. The van der Waals surface area contributed by atoms with Crippen LogP contribution >= 0.6 is 11.6 Å². The van der Waals surface area contributed by atoms with Crippen molar-refractivity contribution in [2.24, 2.45) is 0 Å². The van der Waals surface area contributed by atoms with Gasteiger partial charge in [0.15, 0.2) is 5.82 Å². The fourth-order valence-corrected chi connectivity index (χ4v) is 4.77. The van der Waals surface area contributed by atoms with Gasteiger partial charge in [-0.15, -0.1) is 0 Å². The molecular formula is C26H25ClF2N6O2. The van der Waals surface area contributed by atoms with Crippen LogP contribution in [0, 0.1) is 11.6 Å². The number of aromatic nitrogens is 3. The number of hydrogen-bond acceptors (Lipinski definition) is 6. The van der Waals surface area contributed by atoms with Gasteiger partial charge in [0.2, 0.25) is 5.91 Å². The standard InChI is InChI=1S/C26H25ClF2N6O2/c1-14(36)33-17-6-7-35(12-17)11-16-9-31-22-5-2-15(8-18(16)22)23-10-32-25(30)26(34-23)37-13-19-20(28)3-4-21(29)24(19)27/h2-5,8-10,17,31H,6-7,11-13H2,1H3,(H2,30,32)(H,33,36). The van der Waals surface area contributed by atoms with Crippen molar-refractivity contribution in [3.8, 4) is 17.1 Å². The predicted octanol–water partition coefficient (Wildman–Crippen LogP) is 4.43. The average Bonchev–Trinajstić information content (AvgIpc) is 3.48. The largest absolute Gasteiger partial charge is 0.470 e. The van der Waals surface area contributed by atoms with Gasteiger partial charge in [-0.3, -0.25) is 9.69 Å². The molecule has 2 aromatic carbocycles. The summed E-state index contributed by atoms with van der Waals surface area (Å²) < 4.78 is 33.5. The summed E-state index contributed by atoms with van der Waals surface area (Å²) in [5.74, 6) is -1.44. The number of likely N-dealkylation sites (tertiary alicyclic amines) is 1. The molecule has 1 amide bonds. The van der Waals surface area contributed by atoms with Gasteiger partial charge in [0.1, 0.15) is 18.2 Å². The van der Waals surface area contributed by atoms with E-state index in [1.165, 1.54) is 13.1 Å². The lowest BCUT2D eigenvalue weighted by Crippen LogP contribution is -2.35. The Morgan fingerprint density at radius 1 is 1.30 bits per heavy atom. The normalized spacial score (nSPS) is 15.8. The fraction of sp³-hybridized carbons (Fsp3) is 0.269. The Hall–Kier alpha value is -3.76. The van der Waals surface area contributed by atoms with Crippen molar-refractivity contribution in [1.29, 1.82) is 0 Å². The minimum absolute atomic E-state index is 0.00676. The summed E-state index contributed by atoms with van der Waals surface area (Å²) in [4.78, 5) is 25.6. The molecule has 1 fully saturated rings. The van der Waals surface area contributed by atoms with Gasteiger partial charge in [-0.2, -0.15) is 0 Å². The lowest BCUT2D eigenvalue weighted by molar-refractivity contribution is -0.119. The monoisotopic (exact) mass is 526 g/mol. The molecular weight excluding hydrogens is 502 g/mol. The van der Waals surface area contributed by atoms with E-state index in [1.807, 2.05) is 24.4 Å². The Kier molecular flexibility index (Phi) is 6.94. The van der Waals surface area contributed by atoms with E-state index >= 15 is 0 Å². The molecule has 1 unspecified atom stereocenters. The Morgan fingerprint density at radius 3 is 2.92 bits per heavy atom. The predicted molar refractivity (Wildman–Crippen MR) is 137 cm³/mol. The Balaban J connectivity index is 1.36. The van der Waals surface area contributed by atoms with Gasteiger partial charge in [0.05, 0.1) is 16.9 Å². The molecule has 1 atom stereocenters. The molecule has 4 aromatic rings. The molecule has 1 aliphatic rings. The number of aromatic amines is 1. The smallest absolute Gasteiger partial charge is 0.258 e. The molecule has 1 aliphatic heterocycles. The second kappa shape index (κ2) is 10.3. The lowest BCUT2D eigenvalue weighted by Gasteiger charge is -2.16. The average molecular weight is 527 g/mol. The SMILES string of the molecule is CC(=O)NC1CCN(Cc2c[nH]c3ccc(-c4cnc(N)c(OCc5c(F)ccc(F)c5Cl)n4)cc23)C1. The van der Waals surface area contributed by atoms with Gasteiger partial charge in [0, 0.05) is 60.8 Å². The van der Waals surface area contributed by atoms with Crippen molar-refractivity contribution in [3.05, 3.63) is 70.5 Å². The van der Waals surface area contributed by atoms with E-state index in [-0.39, 0.29) is 40.8 Å². The van der Waals surface area contributed by atoms with Crippen molar-refractivity contribution in [1.82, 2.24) is 25.2 Å². The second-order valence-corrected chi connectivity index (χ2v) is 9.43. The highest BCUT2D eigenvalue weighted by Crippen LogP contribution is 2.30. The molecule has 0 aliphatic carbocycles. The Labute approximate surface area is 216 Å². The Bertz CT molecular complexity index is 1480. The van der Waals surface area contributed by atoms with Crippen molar-refractivity contribution in [2.45, 2.75) is 32.5 Å². The van der Waals surface area contributed by atoms with Crippen LogP contribution in [0.25, 0.3) is 22.2 Å². The third-order valence-electron chi connectivity index (χ3n) is 6.40. The molecule has 2 aromatic heterocycles. The molecule has 37 heavy (non-hydrogen) atoms. The number of ether oxygens (including phenoxy) is 1. The second-order valence-electron chi connectivity index (χ2n) is 9.05. The lowest BCUT2D eigenvalue weighted by atomic mass is 10.1.